The van der Waals surface area contributed by atoms with E-state index >= 15 is 0 Å². The third-order valence-corrected chi connectivity index (χ3v) is 4.57. The fourth-order valence-electron chi connectivity index (χ4n) is 3.23. The fraction of sp³-hybridized carbons (Fsp3) is 0.250. The van der Waals surface area contributed by atoms with Gasteiger partial charge in [0.15, 0.2) is 0 Å². The third-order valence-electron chi connectivity index (χ3n) is 4.57. The molecule has 140 valence electrons. The standard InChI is InChI=1S/C24H27NO2/c1-3-27-24-12-8-7-11-22(24)20-15-13-19(14-16-20)17-25(2)18-23(26)21-9-5-4-6-10-21/h4-16,23,26H,3,17-18H2,1-2H3. The van der Waals surface area contributed by atoms with Gasteiger partial charge in [0, 0.05) is 18.7 Å². The number of hydrogen-bond acceptors (Lipinski definition) is 3. The number of hydrogen-bond donors (Lipinski definition) is 1. The Hall–Kier alpha value is -2.62. The van der Waals surface area contributed by atoms with Crippen LogP contribution >= 0.6 is 0 Å². The predicted molar refractivity (Wildman–Crippen MR) is 111 cm³/mol. The van der Waals surface area contributed by atoms with Gasteiger partial charge in [-0.25, -0.2) is 0 Å². The van der Waals surface area contributed by atoms with Gasteiger partial charge in [0.2, 0.25) is 0 Å². The smallest absolute Gasteiger partial charge is 0.127 e. The van der Waals surface area contributed by atoms with Gasteiger partial charge in [-0.1, -0.05) is 72.8 Å². The number of aliphatic hydroxyl groups is 1. The lowest BCUT2D eigenvalue weighted by molar-refractivity contribution is 0.124. The van der Waals surface area contributed by atoms with Crippen LogP contribution in [0.3, 0.4) is 0 Å². The van der Waals surface area contributed by atoms with Crippen LogP contribution in [0.2, 0.25) is 0 Å². The van der Waals surface area contributed by atoms with Crippen LogP contribution in [0.15, 0.2) is 78.9 Å². The van der Waals surface area contributed by atoms with Crippen LogP contribution in [0.4, 0.5) is 0 Å². The third kappa shape index (κ3) is 5.19. The van der Waals surface area contributed by atoms with E-state index in [1.807, 2.05) is 62.5 Å². The number of nitrogens with zero attached hydrogens (tertiary/aromatic N) is 1. The summed E-state index contributed by atoms with van der Waals surface area (Å²) < 4.78 is 5.74. The molecule has 3 aromatic rings. The van der Waals surface area contributed by atoms with Crippen molar-refractivity contribution in [2.45, 2.75) is 19.6 Å². The molecule has 3 rings (SSSR count). The number of para-hydroxylation sites is 1. The maximum Gasteiger partial charge on any atom is 0.127 e. The molecule has 1 atom stereocenters. The summed E-state index contributed by atoms with van der Waals surface area (Å²) in [7, 11) is 2.03. The average molecular weight is 361 g/mol. The summed E-state index contributed by atoms with van der Waals surface area (Å²) in [6.45, 7) is 4.04. The van der Waals surface area contributed by atoms with Crippen molar-refractivity contribution < 1.29 is 9.84 Å². The molecule has 0 aliphatic carbocycles. The van der Waals surface area contributed by atoms with Crippen molar-refractivity contribution in [2.24, 2.45) is 0 Å². The summed E-state index contributed by atoms with van der Waals surface area (Å²) in [5.41, 5.74) is 4.43. The van der Waals surface area contributed by atoms with E-state index in [1.165, 1.54) is 5.56 Å². The summed E-state index contributed by atoms with van der Waals surface area (Å²) in [5, 5.41) is 10.4. The molecule has 0 saturated carbocycles. The molecule has 0 aromatic heterocycles. The zero-order valence-corrected chi connectivity index (χ0v) is 16.0. The molecule has 0 spiro atoms. The van der Waals surface area contributed by atoms with Gasteiger partial charge in [0.1, 0.15) is 5.75 Å². The van der Waals surface area contributed by atoms with Crippen molar-refractivity contribution in [3.63, 3.8) is 0 Å². The van der Waals surface area contributed by atoms with Gasteiger partial charge in [-0.05, 0) is 36.7 Å². The van der Waals surface area contributed by atoms with E-state index in [9.17, 15) is 5.11 Å². The van der Waals surface area contributed by atoms with Crippen LogP contribution < -0.4 is 4.74 Å². The Kier molecular flexibility index (Phi) is 6.64. The summed E-state index contributed by atoms with van der Waals surface area (Å²) in [5.74, 6) is 0.913. The molecular formula is C24H27NO2. The van der Waals surface area contributed by atoms with Crippen molar-refractivity contribution in [1.29, 1.82) is 0 Å². The zero-order valence-electron chi connectivity index (χ0n) is 16.0. The maximum absolute atomic E-state index is 10.4. The first-order chi connectivity index (χ1) is 13.2. The first-order valence-corrected chi connectivity index (χ1v) is 9.40. The van der Waals surface area contributed by atoms with E-state index in [0.717, 1.165) is 29.0 Å². The van der Waals surface area contributed by atoms with E-state index in [4.69, 9.17) is 4.74 Å². The minimum absolute atomic E-state index is 0.478. The molecule has 0 saturated heterocycles. The summed E-state index contributed by atoms with van der Waals surface area (Å²) in [6, 6.07) is 26.5. The number of benzene rings is 3. The fourth-order valence-corrected chi connectivity index (χ4v) is 3.23. The van der Waals surface area contributed by atoms with Crippen molar-refractivity contribution >= 4 is 0 Å². The molecule has 0 amide bonds. The van der Waals surface area contributed by atoms with Crippen molar-refractivity contribution in [3.8, 4) is 16.9 Å². The lowest BCUT2D eigenvalue weighted by atomic mass is 10.0. The molecule has 3 aromatic carbocycles. The molecule has 0 heterocycles. The normalized spacial score (nSPS) is 12.1. The second-order valence-corrected chi connectivity index (χ2v) is 6.75. The summed E-state index contributed by atoms with van der Waals surface area (Å²) >= 11 is 0. The van der Waals surface area contributed by atoms with Crippen molar-refractivity contribution in [2.75, 3.05) is 20.2 Å². The Bertz CT molecular complexity index is 831. The first kappa shape index (κ1) is 19.2. The van der Waals surface area contributed by atoms with Gasteiger partial charge in [-0.3, -0.25) is 4.90 Å². The quantitative estimate of drug-likeness (QED) is 0.618. The number of rotatable bonds is 8. The molecule has 0 aliphatic rings. The molecule has 3 nitrogen and oxygen atoms in total. The molecule has 27 heavy (non-hydrogen) atoms. The van der Waals surface area contributed by atoms with E-state index in [1.54, 1.807) is 0 Å². The van der Waals surface area contributed by atoms with Gasteiger partial charge in [-0.15, -0.1) is 0 Å². The van der Waals surface area contributed by atoms with Crippen LogP contribution in [-0.2, 0) is 6.54 Å². The SMILES string of the molecule is CCOc1ccccc1-c1ccc(CN(C)CC(O)c2ccccc2)cc1. The Balaban J connectivity index is 1.64. The highest BCUT2D eigenvalue weighted by atomic mass is 16.5. The monoisotopic (exact) mass is 361 g/mol. The topological polar surface area (TPSA) is 32.7 Å². The van der Waals surface area contributed by atoms with Gasteiger partial charge in [-0.2, -0.15) is 0 Å². The van der Waals surface area contributed by atoms with Gasteiger partial charge >= 0.3 is 0 Å². The second-order valence-electron chi connectivity index (χ2n) is 6.75. The lowest BCUT2D eigenvalue weighted by Crippen LogP contribution is -2.24. The molecule has 0 radical (unpaired) electrons. The first-order valence-electron chi connectivity index (χ1n) is 9.40. The Morgan fingerprint density at radius 1 is 0.889 bits per heavy atom. The lowest BCUT2D eigenvalue weighted by Gasteiger charge is -2.21. The minimum Gasteiger partial charge on any atom is -0.493 e. The summed E-state index contributed by atoms with van der Waals surface area (Å²) in [4.78, 5) is 2.14. The Morgan fingerprint density at radius 3 is 2.26 bits per heavy atom. The second kappa shape index (κ2) is 9.36. The van der Waals surface area contributed by atoms with E-state index in [-0.39, 0.29) is 0 Å². The minimum atomic E-state index is -0.478. The molecule has 0 fully saturated rings. The van der Waals surface area contributed by atoms with Gasteiger partial charge < -0.3 is 9.84 Å². The van der Waals surface area contributed by atoms with Crippen LogP contribution in [0, 0.1) is 0 Å². The van der Waals surface area contributed by atoms with Crippen molar-refractivity contribution in [1.82, 2.24) is 4.90 Å². The van der Waals surface area contributed by atoms with E-state index < -0.39 is 6.10 Å². The highest BCUT2D eigenvalue weighted by Gasteiger charge is 2.11. The van der Waals surface area contributed by atoms with Gasteiger partial charge in [0.05, 0.1) is 12.7 Å². The van der Waals surface area contributed by atoms with E-state index in [2.05, 4.69) is 35.2 Å². The van der Waals surface area contributed by atoms with Crippen LogP contribution in [-0.4, -0.2) is 30.2 Å². The van der Waals surface area contributed by atoms with Crippen molar-refractivity contribution in [3.05, 3.63) is 90.0 Å². The highest BCUT2D eigenvalue weighted by molar-refractivity contribution is 5.70. The number of likely N-dealkylation sites (N-methyl/N-ethyl adjacent to an activating group) is 1. The van der Waals surface area contributed by atoms with E-state index in [0.29, 0.717) is 13.2 Å². The molecule has 0 bridgehead atoms. The Morgan fingerprint density at radius 2 is 1.56 bits per heavy atom. The van der Waals surface area contributed by atoms with Crippen LogP contribution in [0.1, 0.15) is 24.2 Å². The molecule has 3 heteroatoms. The van der Waals surface area contributed by atoms with Crippen LogP contribution in [0.5, 0.6) is 5.75 Å². The molecular weight excluding hydrogens is 334 g/mol. The average Bonchev–Trinajstić information content (AvgIpc) is 2.70. The van der Waals surface area contributed by atoms with Gasteiger partial charge in [0.25, 0.3) is 0 Å². The largest absolute Gasteiger partial charge is 0.493 e. The van der Waals surface area contributed by atoms with Crippen LogP contribution in [0.25, 0.3) is 11.1 Å². The maximum atomic E-state index is 10.4. The molecule has 0 aliphatic heterocycles. The number of ether oxygens (including phenoxy) is 1. The zero-order chi connectivity index (χ0) is 19.1. The number of aliphatic hydroxyl groups excluding tert-OH is 1. The molecule has 1 N–H and O–H groups in total. The highest BCUT2D eigenvalue weighted by Crippen LogP contribution is 2.30. The molecule has 1 unspecified atom stereocenters. The Labute approximate surface area is 161 Å². The summed E-state index contributed by atoms with van der Waals surface area (Å²) in [6.07, 6.45) is -0.478. The predicted octanol–water partition coefficient (Wildman–Crippen LogP) is 4.92.